The van der Waals surface area contributed by atoms with Crippen LogP contribution in [0, 0.1) is 5.92 Å². The molecule has 1 amide bonds. The van der Waals surface area contributed by atoms with Gasteiger partial charge in [-0.1, -0.05) is 25.4 Å². The number of benzene rings is 1. The molecule has 0 aliphatic heterocycles. The van der Waals surface area contributed by atoms with Crippen LogP contribution in [-0.4, -0.2) is 18.6 Å². The number of ether oxygens (including phenoxy) is 1. The molecule has 1 aromatic rings. The van der Waals surface area contributed by atoms with E-state index in [1.54, 1.807) is 25.1 Å². The van der Waals surface area contributed by atoms with Crippen LogP contribution < -0.4 is 11.1 Å². The minimum atomic E-state index is -0.507. The molecule has 0 saturated carbocycles. The lowest BCUT2D eigenvalue weighted by Gasteiger charge is -2.15. The summed E-state index contributed by atoms with van der Waals surface area (Å²) in [6.07, 6.45) is 0.424. The van der Waals surface area contributed by atoms with Crippen molar-refractivity contribution < 1.29 is 9.53 Å². The molecule has 3 N–H and O–H groups in total. The van der Waals surface area contributed by atoms with Crippen molar-refractivity contribution in [2.45, 2.75) is 33.3 Å². The summed E-state index contributed by atoms with van der Waals surface area (Å²) < 4.78 is 5.47. The quantitative estimate of drug-likeness (QED) is 0.788. The molecule has 0 aliphatic rings. The third-order valence-corrected chi connectivity index (χ3v) is 3.00. The molecule has 19 heavy (non-hydrogen) atoms. The molecule has 0 radical (unpaired) electrons. The Morgan fingerprint density at radius 3 is 2.68 bits per heavy atom. The minimum absolute atomic E-state index is 0.213. The molecule has 0 spiro atoms. The summed E-state index contributed by atoms with van der Waals surface area (Å²) in [5, 5.41) is 3.14. The van der Waals surface area contributed by atoms with Crippen molar-refractivity contribution in [2.75, 3.05) is 17.7 Å². The number of amides is 1. The number of carbonyl (C=O) groups excluding carboxylic acids is 1. The summed E-state index contributed by atoms with van der Waals surface area (Å²) in [7, 11) is 0. The van der Waals surface area contributed by atoms with E-state index >= 15 is 0 Å². The van der Waals surface area contributed by atoms with Crippen LogP contribution in [0.15, 0.2) is 18.2 Å². The van der Waals surface area contributed by atoms with E-state index < -0.39 is 6.10 Å². The Hall–Kier alpha value is -1.26. The van der Waals surface area contributed by atoms with E-state index in [0.29, 0.717) is 28.9 Å². The van der Waals surface area contributed by atoms with Gasteiger partial charge in [0.05, 0.1) is 10.7 Å². The molecule has 1 aromatic carbocycles. The first-order valence-electron chi connectivity index (χ1n) is 6.37. The van der Waals surface area contributed by atoms with E-state index in [1.165, 1.54) is 0 Å². The number of nitrogens with two attached hydrogens (primary N) is 1. The summed E-state index contributed by atoms with van der Waals surface area (Å²) in [6.45, 7) is 6.52. The molecule has 0 fully saturated rings. The van der Waals surface area contributed by atoms with E-state index in [-0.39, 0.29) is 5.91 Å². The first-order chi connectivity index (χ1) is 8.90. The molecule has 0 aromatic heterocycles. The lowest BCUT2D eigenvalue weighted by molar-refractivity contribution is -0.126. The molecule has 0 heterocycles. The molecule has 1 rings (SSSR count). The monoisotopic (exact) mass is 284 g/mol. The van der Waals surface area contributed by atoms with Gasteiger partial charge in [0.2, 0.25) is 0 Å². The Morgan fingerprint density at radius 2 is 2.11 bits per heavy atom. The number of anilines is 2. The Morgan fingerprint density at radius 1 is 1.42 bits per heavy atom. The highest BCUT2D eigenvalue weighted by Gasteiger charge is 2.14. The van der Waals surface area contributed by atoms with Gasteiger partial charge in [0.1, 0.15) is 6.10 Å². The van der Waals surface area contributed by atoms with Gasteiger partial charge in [0.25, 0.3) is 5.91 Å². The number of rotatable bonds is 6. The second-order valence-corrected chi connectivity index (χ2v) is 5.33. The molecule has 1 unspecified atom stereocenters. The van der Waals surface area contributed by atoms with Gasteiger partial charge in [0, 0.05) is 12.3 Å². The fraction of sp³-hybridized carbons (Fsp3) is 0.500. The largest absolute Gasteiger partial charge is 0.399 e. The molecule has 4 nitrogen and oxygen atoms in total. The maximum atomic E-state index is 11.9. The predicted octanol–water partition coefficient (Wildman–Crippen LogP) is 3.31. The maximum Gasteiger partial charge on any atom is 0.253 e. The smallest absolute Gasteiger partial charge is 0.253 e. The number of hydrogen-bond acceptors (Lipinski definition) is 3. The first kappa shape index (κ1) is 15.8. The fourth-order valence-electron chi connectivity index (χ4n) is 1.42. The highest BCUT2D eigenvalue weighted by molar-refractivity contribution is 6.34. The summed E-state index contributed by atoms with van der Waals surface area (Å²) in [5.74, 6) is 0.345. The number of hydrogen-bond donors (Lipinski definition) is 2. The zero-order valence-electron chi connectivity index (χ0n) is 11.6. The van der Waals surface area contributed by atoms with E-state index in [9.17, 15) is 4.79 Å². The van der Waals surface area contributed by atoms with Gasteiger partial charge >= 0.3 is 0 Å². The number of nitrogen functional groups attached to an aromatic ring is 1. The summed E-state index contributed by atoms with van der Waals surface area (Å²) in [4.78, 5) is 11.9. The van der Waals surface area contributed by atoms with Crippen LogP contribution >= 0.6 is 11.6 Å². The molecule has 1 atom stereocenters. The standard InChI is InChI=1S/C14H21ClN2O2/c1-9(2)6-7-19-10(3)14(18)17-13-5-4-11(16)8-12(13)15/h4-5,8-10H,6-7,16H2,1-3H3,(H,17,18). The van der Waals surface area contributed by atoms with Gasteiger partial charge in [-0.2, -0.15) is 0 Å². The van der Waals surface area contributed by atoms with Crippen molar-refractivity contribution in [1.29, 1.82) is 0 Å². The Labute approximate surface area is 119 Å². The lowest BCUT2D eigenvalue weighted by atomic mass is 10.1. The van der Waals surface area contributed by atoms with Gasteiger partial charge in [0.15, 0.2) is 0 Å². The van der Waals surface area contributed by atoms with E-state index in [4.69, 9.17) is 22.1 Å². The van der Waals surface area contributed by atoms with Crippen LogP contribution in [0.2, 0.25) is 5.02 Å². The molecule has 106 valence electrons. The first-order valence-corrected chi connectivity index (χ1v) is 6.75. The summed E-state index contributed by atoms with van der Waals surface area (Å²) in [6, 6.07) is 4.96. The normalized spacial score (nSPS) is 12.5. The molecule has 0 aliphatic carbocycles. The van der Waals surface area contributed by atoms with Crippen LogP contribution in [0.1, 0.15) is 27.2 Å². The maximum absolute atomic E-state index is 11.9. The van der Waals surface area contributed by atoms with Crippen LogP contribution in [0.4, 0.5) is 11.4 Å². The molecule has 0 saturated heterocycles. The highest BCUT2D eigenvalue weighted by Crippen LogP contribution is 2.24. The van der Waals surface area contributed by atoms with Gasteiger partial charge in [-0.3, -0.25) is 4.79 Å². The van der Waals surface area contributed by atoms with Crippen LogP contribution in [0.5, 0.6) is 0 Å². The Kier molecular flexibility index (Phi) is 6.12. The third-order valence-electron chi connectivity index (χ3n) is 2.68. The van der Waals surface area contributed by atoms with Crippen molar-refractivity contribution >= 4 is 28.9 Å². The molecule has 0 bridgehead atoms. The summed E-state index contributed by atoms with van der Waals surface area (Å²) >= 11 is 5.99. The van der Waals surface area contributed by atoms with Crippen molar-refractivity contribution in [3.8, 4) is 0 Å². The summed E-state index contributed by atoms with van der Waals surface area (Å²) in [5.41, 5.74) is 6.69. The van der Waals surface area contributed by atoms with E-state index in [2.05, 4.69) is 19.2 Å². The lowest BCUT2D eigenvalue weighted by Crippen LogP contribution is -2.28. The van der Waals surface area contributed by atoms with Gasteiger partial charge in [-0.15, -0.1) is 0 Å². The third kappa shape index (κ3) is 5.49. The molecule has 5 heteroatoms. The molecular formula is C14H21ClN2O2. The number of carbonyl (C=O) groups is 1. The Balaban J connectivity index is 2.49. The van der Waals surface area contributed by atoms with Gasteiger partial charge in [-0.05, 0) is 37.5 Å². The zero-order chi connectivity index (χ0) is 14.4. The van der Waals surface area contributed by atoms with Crippen LogP contribution in [0.3, 0.4) is 0 Å². The van der Waals surface area contributed by atoms with Crippen LogP contribution in [-0.2, 0) is 9.53 Å². The van der Waals surface area contributed by atoms with Crippen molar-refractivity contribution in [3.05, 3.63) is 23.2 Å². The van der Waals surface area contributed by atoms with Gasteiger partial charge < -0.3 is 15.8 Å². The SMILES string of the molecule is CC(C)CCOC(C)C(=O)Nc1ccc(N)cc1Cl. The van der Waals surface area contributed by atoms with Gasteiger partial charge in [-0.25, -0.2) is 0 Å². The number of halogens is 1. The van der Waals surface area contributed by atoms with Crippen LogP contribution in [0.25, 0.3) is 0 Å². The second kappa shape index (κ2) is 7.36. The highest BCUT2D eigenvalue weighted by atomic mass is 35.5. The second-order valence-electron chi connectivity index (χ2n) is 4.92. The molecular weight excluding hydrogens is 264 g/mol. The fourth-order valence-corrected chi connectivity index (χ4v) is 1.66. The van der Waals surface area contributed by atoms with Crippen molar-refractivity contribution in [1.82, 2.24) is 0 Å². The van der Waals surface area contributed by atoms with Crippen molar-refractivity contribution in [3.63, 3.8) is 0 Å². The van der Waals surface area contributed by atoms with Crippen molar-refractivity contribution in [2.24, 2.45) is 5.92 Å². The Bertz CT molecular complexity index is 435. The topological polar surface area (TPSA) is 64.3 Å². The zero-order valence-corrected chi connectivity index (χ0v) is 12.3. The van der Waals surface area contributed by atoms with E-state index in [0.717, 1.165) is 6.42 Å². The predicted molar refractivity (Wildman–Crippen MR) is 79.4 cm³/mol. The average molecular weight is 285 g/mol. The average Bonchev–Trinajstić information content (AvgIpc) is 2.32. The van der Waals surface area contributed by atoms with E-state index in [1.807, 2.05) is 0 Å². The minimum Gasteiger partial charge on any atom is -0.399 e. The number of nitrogens with one attached hydrogen (secondary N) is 1.